The van der Waals surface area contributed by atoms with Crippen molar-refractivity contribution in [2.24, 2.45) is 0 Å². The van der Waals surface area contributed by atoms with E-state index < -0.39 is 76.0 Å². The molecule has 1 aromatic carbocycles. The molecule has 0 spiro atoms. The van der Waals surface area contributed by atoms with Gasteiger partial charge in [-0.1, -0.05) is 36.4 Å². The van der Waals surface area contributed by atoms with Gasteiger partial charge in [-0.2, -0.15) is 26.3 Å². The van der Waals surface area contributed by atoms with E-state index in [1.54, 1.807) is 29.1 Å². The highest BCUT2D eigenvalue weighted by Crippen LogP contribution is 2.39. The van der Waals surface area contributed by atoms with E-state index in [0.717, 1.165) is 6.08 Å². The number of nitrogens with one attached hydrogen (secondary N) is 3. The number of carbonyl (C=O) groups excluding carboxylic acids is 3. The first-order valence-electron chi connectivity index (χ1n) is 12.0. The van der Waals surface area contributed by atoms with Crippen LogP contribution in [0.4, 0.5) is 36.8 Å². The van der Waals surface area contributed by atoms with E-state index >= 15 is 0 Å². The van der Waals surface area contributed by atoms with Gasteiger partial charge in [0.25, 0.3) is 11.8 Å². The number of hydrogen-bond acceptors (Lipinski definition) is 6. The molecule has 0 aliphatic carbocycles. The number of nitrogens with zero attached hydrogens (tertiary/aromatic N) is 1. The van der Waals surface area contributed by atoms with E-state index in [-0.39, 0.29) is 6.42 Å². The number of rotatable bonds is 9. The van der Waals surface area contributed by atoms with Crippen molar-refractivity contribution in [1.82, 2.24) is 15.8 Å². The highest BCUT2D eigenvalue weighted by Gasteiger charge is 2.61. The smallest absolute Gasteiger partial charge is 0.426 e. The van der Waals surface area contributed by atoms with Gasteiger partial charge < -0.3 is 9.47 Å². The van der Waals surface area contributed by atoms with Gasteiger partial charge in [-0.05, 0) is 61.2 Å². The van der Waals surface area contributed by atoms with Crippen LogP contribution < -0.4 is 16.2 Å². The molecule has 2 aromatic rings. The van der Waals surface area contributed by atoms with Gasteiger partial charge in [0, 0.05) is 0 Å². The first kappa shape index (κ1) is 34.5. The zero-order valence-corrected chi connectivity index (χ0v) is 24.1. The predicted molar refractivity (Wildman–Crippen MR) is 142 cm³/mol. The highest BCUT2D eigenvalue weighted by atomic mass is 79.9. The van der Waals surface area contributed by atoms with Crippen LogP contribution in [0.5, 0.6) is 0 Å². The van der Waals surface area contributed by atoms with Crippen LogP contribution in [0.3, 0.4) is 0 Å². The SMILES string of the molecule is C=CCC[C@@](OCc1ccccc1)(C(=O)NNC(=O)c1nc(Br)c(C(F)(F)F)cc1NC(=O)OC(C)(C)C)C(F)(F)F. The van der Waals surface area contributed by atoms with Crippen molar-refractivity contribution in [2.75, 3.05) is 5.32 Å². The Bertz CT molecular complexity index is 1300. The largest absolute Gasteiger partial charge is 0.444 e. The van der Waals surface area contributed by atoms with Crippen molar-refractivity contribution >= 4 is 39.5 Å². The van der Waals surface area contributed by atoms with E-state index in [1.165, 1.54) is 32.9 Å². The van der Waals surface area contributed by atoms with Crippen LogP contribution in [0.15, 0.2) is 53.7 Å². The zero-order valence-electron chi connectivity index (χ0n) is 22.5. The van der Waals surface area contributed by atoms with Crippen LogP contribution in [0.2, 0.25) is 0 Å². The zero-order chi connectivity index (χ0) is 31.9. The number of ether oxygens (including phenoxy) is 2. The Kier molecular flexibility index (Phi) is 11.1. The van der Waals surface area contributed by atoms with Crippen molar-refractivity contribution in [3.8, 4) is 0 Å². The third kappa shape index (κ3) is 9.17. The molecule has 0 unspecified atom stereocenters. The summed E-state index contributed by atoms with van der Waals surface area (Å²) in [5.74, 6) is -3.29. The second kappa shape index (κ2) is 13.5. The number of benzene rings is 1. The summed E-state index contributed by atoms with van der Waals surface area (Å²) >= 11 is 2.59. The minimum Gasteiger partial charge on any atom is -0.444 e. The summed E-state index contributed by atoms with van der Waals surface area (Å²) in [4.78, 5) is 41.6. The summed E-state index contributed by atoms with van der Waals surface area (Å²) in [6.07, 6.45) is -11.6. The molecule has 0 bridgehead atoms. The molecular formula is C26H27BrF6N4O5. The fourth-order valence-electron chi connectivity index (χ4n) is 3.33. The number of hydrazine groups is 1. The number of alkyl halides is 6. The number of pyridine rings is 1. The molecule has 0 radical (unpaired) electrons. The monoisotopic (exact) mass is 668 g/mol. The van der Waals surface area contributed by atoms with Crippen LogP contribution >= 0.6 is 15.9 Å². The molecule has 230 valence electrons. The topological polar surface area (TPSA) is 119 Å². The Balaban J connectivity index is 2.41. The maximum Gasteiger partial charge on any atom is 0.426 e. The highest BCUT2D eigenvalue weighted by molar-refractivity contribution is 9.10. The van der Waals surface area contributed by atoms with Gasteiger partial charge in [-0.3, -0.25) is 25.8 Å². The van der Waals surface area contributed by atoms with Crippen LogP contribution in [0.1, 0.15) is 55.2 Å². The Morgan fingerprint density at radius 2 is 1.64 bits per heavy atom. The minimum atomic E-state index is -5.28. The molecule has 3 N–H and O–H groups in total. The number of aromatic nitrogens is 1. The number of anilines is 1. The lowest BCUT2D eigenvalue weighted by molar-refractivity contribution is -0.273. The summed E-state index contributed by atoms with van der Waals surface area (Å²) < 4.78 is 92.6. The van der Waals surface area contributed by atoms with Gasteiger partial charge in [-0.25, -0.2) is 9.78 Å². The molecule has 0 saturated carbocycles. The first-order valence-corrected chi connectivity index (χ1v) is 12.8. The summed E-state index contributed by atoms with van der Waals surface area (Å²) in [5, 5.41) is 1.96. The predicted octanol–water partition coefficient (Wildman–Crippen LogP) is 6.46. The maximum absolute atomic E-state index is 14.3. The summed E-state index contributed by atoms with van der Waals surface area (Å²) in [5.41, 5.74) is -3.99. The standard InChI is InChI=1S/C26H27BrF6N4O5/c1-5-6-12-24(26(31,32)33,41-14-15-10-8-7-9-11-15)21(39)37-36-20(38)18-17(34-22(40)42-23(2,3)4)13-16(19(27)35-18)25(28,29)30/h5,7-11,13H,1,6,12,14H2,2-4H3,(H,34,40)(H,36,38)(H,37,39)/t24-/m1/s1. The third-order valence-corrected chi connectivity index (χ3v) is 5.88. The number of carbonyl (C=O) groups is 3. The molecule has 1 aromatic heterocycles. The fourth-order valence-corrected chi connectivity index (χ4v) is 3.85. The van der Waals surface area contributed by atoms with Crippen molar-refractivity contribution in [3.05, 3.63) is 70.5 Å². The molecule has 3 amide bonds. The quantitative estimate of drug-likeness (QED) is 0.122. The Morgan fingerprint density at radius 3 is 2.17 bits per heavy atom. The van der Waals surface area contributed by atoms with Gasteiger partial charge in [0.15, 0.2) is 5.69 Å². The average Bonchev–Trinajstić information content (AvgIpc) is 2.86. The second-order valence-electron chi connectivity index (χ2n) is 9.68. The fraction of sp³-hybridized carbons (Fsp3) is 0.385. The number of amides is 3. The van der Waals surface area contributed by atoms with Gasteiger partial charge in [-0.15, -0.1) is 6.58 Å². The van der Waals surface area contributed by atoms with Crippen molar-refractivity contribution in [2.45, 2.75) is 63.8 Å². The normalized spacial score (nSPS) is 13.5. The van der Waals surface area contributed by atoms with E-state index in [4.69, 9.17) is 9.47 Å². The second-order valence-corrected chi connectivity index (χ2v) is 10.4. The maximum atomic E-state index is 14.3. The number of allylic oxidation sites excluding steroid dienone is 1. The summed E-state index contributed by atoms with van der Waals surface area (Å²) in [7, 11) is 0. The molecule has 16 heteroatoms. The third-order valence-electron chi connectivity index (χ3n) is 5.27. The van der Waals surface area contributed by atoms with Crippen LogP contribution in [0.25, 0.3) is 0 Å². The molecule has 1 atom stereocenters. The van der Waals surface area contributed by atoms with Crippen LogP contribution in [-0.4, -0.2) is 40.3 Å². The lowest BCUT2D eigenvalue weighted by Crippen LogP contribution is -2.61. The molecule has 42 heavy (non-hydrogen) atoms. The molecule has 2 rings (SSSR count). The Hall–Kier alpha value is -3.66. The molecule has 0 fully saturated rings. The van der Waals surface area contributed by atoms with Crippen LogP contribution in [0, 0.1) is 0 Å². The lowest BCUT2D eigenvalue weighted by atomic mass is 9.95. The summed E-state index contributed by atoms with van der Waals surface area (Å²) in [6, 6.07) is 8.04. The van der Waals surface area contributed by atoms with Crippen molar-refractivity contribution < 1.29 is 50.2 Å². The van der Waals surface area contributed by atoms with Crippen molar-refractivity contribution in [3.63, 3.8) is 0 Å². The summed E-state index contributed by atoms with van der Waals surface area (Å²) in [6.45, 7) is 7.14. The molecular weight excluding hydrogens is 642 g/mol. The number of halogens is 7. The van der Waals surface area contributed by atoms with E-state index in [0.29, 0.717) is 11.6 Å². The molecule has 0 aliphatic heterocycles. The Labute approximate surface area is 245 Å². The Morgan fingerprint density at radius 1 is 1.02 bits per heavy atom. The lowest BCUT2D eigenvalue weighted by Gasteiger charge is -2.34. The van der Waals surface area contributed by atoms with E-state index in [9.17, 15) is 40.7 Å². The molecule has 1 heterocycles. The van der Waals surface area contributed by atoms with Gasteiger partial charge >= 0.3 is 18.4 Å². The first-order chi connectivity index (χ1) is 19.3. The van der Waals surface area contributed by atoms with E-state index in [2.05, 4.69) is 27.5 Å². The molecule has 9 nitrogen and oxygen atoms in total. The van der Waals surface area contributed by atoms with E-state index in [1.807, 2.05) is 5.32 Å². The average molecular weight is 669 g/mol. The molecule has 0 saturated heterocycles. The van der Waals surface area contributed by atoms with Gasteiger partial charge in [0.1, 0.15) is 10.2 Å². The van der Waals surface area contributed by atoms with Crippen molar-refractivity contribution in [1.29, 1.82) is 0 Å². The van der Waals surface area contributed by atoms with Gasteiger partial charge in [0.05, 0.1) is 17.9 Å². The minimum absolute atomic E-state index is 0.312. The number of hydrogen-bond donors (Lipinski definition) is 3. The van der Waals surface area contributed by atoms with Gasteiger partial charge in [0.2, 0.25) is 5.60 Å². The molecule has 0 aliphatic rings. The van der Waals surface area contributed by atoms with Crippen LogP contribution in [-0.2, 0) is 27.1 Å².